The molecule has 1 aliphatic rings. The number of carbonyl (C=O) groups excluding carboxylic acids is 1. The van der Waals surface area contributed by atoms with E-state index in [1.807, 2.05) is 0 Å². The number of amides is 1. The van der Waals surface area contributed by atoms with Gasteiger partial charge in [0.1, 0.15) is 0 Å². The number of hydrogen-bond donors (Lipinski definition) is 2. The van der Waals surface area contributed by atoms with Crippen LogP contribution in [0.3, 0.4) is 0 Å². The first-order valence-electron chi connectivity index (χ1n) is 6.94. The molecule has 6 heteroatoms. The van der Waals surface area contributed by atoms with Gasteiger partial charge in [-0.25, -0.2) is 0 Å². The van der Waals surface area contributed by atoms with E-state index in [0.29, 0.717) is 24.7 Å². The zero-order valence-corrected chi connectivity index (χ0v) is 11.7. The molecule has 106 valence electrons. The van der Waals surface area contributed by atoms with Crippen LogP contribution in [-0.2, 0) is 11.2 Å². The maximum absolute atomic E-state index is 12.3. The van der Waals surface area contributed by atoms with Gasteiger partial charge in [-0.05, 0) is 32.7 Å². The molecular formula is C13H22N4O2. The van der Waals surface area contributed by atoms with E-state index in [4.69, 9.17) is 4.52 Å². The highest BCUT2D eigenvalue weighted by molar-refractivity contribution is 5.83. The average Bonchev–Trinajstić information content (AvgIpc) is 2.85. The van der Waals surface area contributed by atoms with E-state index in [0.717, 1.165) is 32.4 Å². The maximum Gasteiger partial charge on any atom is 0.228 e. The van der Waals surface area contributed by atoms with Gasteiger partial charge in [0, 0.05) is 19.5 Å². The number of carbonyl (C=O) groups is 1. The quantitative estimate of drug-likeness (QED) is 0.824. The zero-order chi connectivity index (χ0) is 13.7. The Morgan fingerprint density at radius 1 is 1.58 bits per heavy atom. The predicted octanol–water partition coefficient (Wildman–Crippen LogP) is 0.817. The Morgan fingerprint density at radius 2 is 2.42 bits per heavy atom. The number of nitrogens with zero attached hydrogens (tertiary/aromatic N) is 2. The number of aromatic nitrogens is 2. The summed E-state index contributed by atoms with van der Waals surface area (Å²) >= 11 is 0. The Bertz CT molecular complexity index is 424. The number of hydrogen-bond acceptors (Lipinski definition) is 5. The topological polar surface area (TPSA) is 80.1 Å². The summed E-state index contributed by atoms with van der Waals surface area (Å²) in [6, 6.07) is 0. The van der Waals surface area contributed by atoms with Crippen molar-refractivity contribution in [2.24, 2.45) is 5.41 Å². The minimum atomic E-state index is -0.247. The number of aryl methyl sites for hydroxylation is 1. The molecule has 19 heavy (non-hydrogen) atoms. The molecule has 2 heterocycles. The van der Waals surface area contributed by atoms with Crippen molar-refractivity contribution in [1.29, 1.82) is 0 Å². The summed E-state index contributed by atoms with van der Waals surface area (Å²) in [7, 11) is 0. The van der Waals surface area contributed by atoms with E-state index in [9.17, 15) is 4.79 Å². The molecule has 1 aliphatic heterocycles. The van der Waals surface area contributed by atoms with Crippen molar-refractivity contribution in [3.8, 4) is 0 Å². The normalized spacial score (nSPS) is 23.3. The number of rotatable bonds is 5. The molecule has 1 aromatic heterocycles. The van der Waals surface area contributed by atoms with Gasteiger partial charge in [-0.2, -0.15) is 4.98 Å². The Hall–Kier alpha value is -1.43. The van der Waals surface area contributed by atoms with Crippen LogP contribution in [0.15, 0.2) is 4.52 Å². The molecule has 2 N–H and O–H groups in total. The lowest BCUT2D eigenvalue weighted by Gasteiger charge is -2.35. The molecule has 1 unspecified atom stereocenters. The highest BCUT2D eigenvalue weighted by atomic mass is 16.5. The maximum atomic E-state index is 12.3. The van der Waals surface area contributed by atoms with Crippen LogP contribution in [0.2, 0.25) is 0 Å². The van der Waals surface area contributed by atoms with Crippen LogP contribution < -0.4 is 10.6 Å². The van der Waals surface area contributed by atoms with E-state index in [1.165, 1.54) is 0 Å². The molecular weight excluding hydrogens is 244 g/mol. The minimum absolute atomic E-state index is 0.137. The van der Waals surface area contributed by atoms with Crippen molar-refractivity contribution < 1.29 is 9.32 Å². The van der Waals surface area contributed by atoms with Crippen molar-refractivity contribution in [1.82, 2.24) is 20.8 Å². The second kappa shape index (κ2) is 6.14. The number of nitrogens with one attached hydrogen (secondary N) is 2. The fraction of sp³-hybridized carbons (Fsp3) is 0.769. The Kier molecular flexibility index (Phi) is 4.52. The fourth-order valence-corrected chi connectivity index (χ4v) is 2.54. The van der Waals surface area contributed by atoms with Crippen molar-refractivity contribution in [3.63, 3.8) is 0 Å². The van der Waals surface area contributed by atoms with Crippen LogP contribution in [0.5, 0.6) is 0 Å². The lowest BCUT2D eigenvalue weighted by Crippen LogP contribution is -2.50. The largest absolute Gasteiger partial charge is 0.355 e. The summed E-state index contributed by atoms with van der Waals surface area (Å²) in [5.74, 6) is 1.34. The van der Waals surface area contributed by atoms with E-state index in [1.54, 1.807) is 6.92 Å². The van der Waals surface area contributed by atoms with Gasteiger partial charge < -0.3 is 15.2 Å². The van der Waals surface area contributed by atoms with Gasteiger partial charge in [0.05, 0.1) is 5.41 Å². The van der Waals surface area contributed by atoms with Crippen LogP contribution in [0.25, 0.3) is 0 Å². The summed E-state index contributed by atoms with van der Waals surface area (Å²) < 4.78 is 5.02. The summed E-state index contributed by atoms with van der Waals surface area (Å²) in [5, 5.41) is 10.0. The smallest absolute Gasteiger partial charge is 0.228 e. The minimum Gasteiger partial charge on any atom is -0.355 e. The molecule has 0 saturated carbocycles. The molecule has 1 fully saturated rings. The Balaban J connectivity index is 1.82. The van der Waals surface area contributed by atoms with Crippen LogP contribution in [0.4, 0.5) is 0 Å². The summed E-state index contributed by atoms with van der Waals surface area (Å²) in [6.45, 7) is 6.19. The van der Waals surface area contributed by atoms with Crippen molar-refractivity contribution in [3.05, 3.63) is 11.7 Å². The lowest BCUT2D eigenvalue weighted by molar-refractivity contribution is -0.132. The molecule has 1 saturated heterocycles. The fourth-order valence-electron chi connectivity index (χ4n) is 2.54. The van der Waals surface area contributed by atoms with Crippen LogP contribution in [0.1, 0.15) is 37.9 Å². The van der Waals surface area contributed by atoms with Gasteiger partial charge in [0.25, 0.3) is 0 Å². The monoisotopic (exact) mass is 266 g/mol. The van der Waals surface area contributed by atoms with Crippen LogP contribution >= 0.6 is 0 Å². The summed E-state index contributed by atoms with van der Waals surface area (Å²) in [6.07, 6.45) is 3.47. The first kappa shape index (κ1) is 14.0. The van der Waals surface area contributed by atoms with Crippen LogP contribution in [0, 0.1) is 12.3 Å². The summed E-state index contributed by atoms with van der Waals surface area (Å²) in [5.41, 5.74) is -0.247. The lowest BCUT2D eigenvalue weighted by atomic mass is 9.77. The highest BCUT2D eigenvalue weighted by Crippen LogP contribution is 2.30. The van der Waals surface area contributed by atoms with Gasteiger partial charge in [0.2, 0.25) is 11.8 Å². The van der Waals surface area contributed by atoms with Crippen molar-refractivity contribution in [2.75, 3.05) is 19.6 Å². The van der Waals surface area contributed by atoms with Gasteiger partial charge in [-0.3, -0.25) is 4.79 Å². The first-order chi connectivity index (χ1) is 9.16. The van der Waals surface area contributed by atoms with Gasteiger partial charge in [-0.1, -0.05) is 12.1 Å². The molecule has 6 nitrogen and oxygen atoms in total. The third-order valence-corrected chi connectivity index (χ3v) is 3.82. The zero-order valence-electron chi connectivity index (χ0n) is 11.7. The standard InChI is InChI=1S/C13H22N4O2/c1-3-13(6-4-7-14-9-13)12(18)15-8-5-11-16-10(2)17-19-11/h14H,3-9H2,1-2H3,(H,15,18). The Morgan fingerprint density at radius 3 is 3.00 bits per heavy atom. The van der Waals surface area contributed by atoms with Crippen molar-refractivity contribution >= 4 is 5.91 Å². The molecule has 0 spiro atoms. The molecule has 1 aromatic rings. The third-order valence-electron chi connectivity index (χ3n) is 3.82. The van der Waals surface area contributed by atoms with Gasteiger partial charge in [0.15, 0.2) is 5.82 Å². The molecule has 0 aromatic carbocycles. The Labute approximate surface area is 113 Å². The SMILES string of the molecule is CCC1(C(=O)NCCc2nc(C)no2)CCCNC1. The van der Waals surface area contributed by atoms with E-state index < -0.39 is 0 Å². The number of piperidine rings is 1. The molecule has 0 radical (unpaired) electrons. The van der Waals surface area contributed by atoms with E-state index >= 15 is 0 Å². The highest BCUT2D eigenvalue weighted by Gasteiger charge is 2.37. The second-order valence-corrected chi connectivity index (χ2v) is 5.16. The van der Waals surface area contributed by atoms with E-state index in [-0.39, 0.29) is 11.3 Å². The van der Waals surface area contributed by atoms with Gasteiger partial charge in [-0.15, -0.1) is 0 Å². The molecule has 1 amide bonds. The third kappa shape index (κ3) is 3.32. The van der Waals surface area contributed by atoms with Crippen LogP contribution in [-0.4, -0.2) is 35.7 Å². The second-order valence-electron chi connectivity index (χ2n) is 5.16. The molecule has 2 rings (SSSR count). The molecule has 0 aliphatic carbocycles. The summed E-state index contributed by atoms with van der Waals surface area (Å²) in [4.78, 5) is 16.4. The van der Waals surface area contributed by atoms with Gasteiger partial charge >= 0.3 is 0 Å². The molecule has 1 atom stereocenters. The first-order valence-corrected chi connectivity index (χ1v) is 6.94. The average molecular weight is 266 g/mol. The van der Waals surface area contributed by atoms with E-state index in [2.05, 4.69) is 27.7 Å². The van der Waals surface area contributed by atoms with Crippen molar-refractivity contribution in [2.45, 2.75) is 39.5 Å². The molecule has 0 bridgehead atoms. The predicted molar refractivity (Wildman–Crippen MR) is 70.6 cm³/mol.